The third kappa shape index (κ3) is 4.23. The van der Waals surface area contributed by atoms with Crippen LogP contribution < -0.4 is 5.32 Å². The van der Waals surface area contributed by atoms with Gasteiger partial charge in [-0.05, 0) is 41.0 Å². The number of nitrogens with one attached hydrogen (secondary N) is 1. The van der Waals surface area contributed by atoms with Crippen LogP contribution in [0.4, 0.5) is 23.7 Å². The maximum absolute atomic E-state index is 14.0. The molecule has 180 valence electrons. The monoisotopic (exact) mass is 481 g/mol. The van der Waals surface area contributed by atoms with Crippen LogP contribution in [0.5, 0.6) is 0 Å². The molecule has 2 saturated heterocycles. The zero-order chi connectivity index (χ0) is 24.7. The van der Waals surface area contributed by atoms with Crippen LogP contribution in [-0.2, 0) is 4.79 Å². The van der Waals surface area contributed by atoms with Crippen molar-refractivity contribution in [3.05, 3.63) is 89.7 Å². The van der Waals surface area contributed by atoms with E-state index < -0.39 is 23.7 Å². The number of amides is 3. The molecule has 2 fully saturated rings. The van der Waals surface area contributed by atoms with Crippen molar-refractivity contribution in [2.45, 2.75) is 18.0 Å². The number of aliphatic hydroxyl groups excluding tert-OH is 1. The Morgan fingerprint density at radius 1 is 0.943 bits per heavy atom. The minimum absolute atomic E-state index is 0.176. The standard InChI is InChI=1S/C26H22F3N3O3/c27-18-7-5-16(6-8-18)15-1-3-17(4-2-15)25-22-12-31(13-24(34)32(22)23(25)14-33)26(35)30-21-11-19(28)9-10-20(21)29/h1-11,22-23,25,33H,12-14H2,(H,30,35)/t22-,23-,25+/m1/s1. The zero-order valence-corrected chi connectivity index (χ0v) is 18.5. The van der Waals surface area contributed by atoms with Crippen molar-refractivity contribution in [3.8, 4) is 11.1 Å². The minimum atomic E-state index is -0.784. The van der Waals surface area contributed by atoms with Gasteiger partial charge in [0.1, 0.15) is 24.0 Å². The number of nitrogens with zero attached hydrogens (tertiary/aromatic N) is 2. The third-order valence-corrected chi connectivity index (χ3v) is 6.68. The molecule has 0 aliphatic carbocycles. The highest BCUT2D eigenvalue weighted by atomic mass is 19.1. The van der Waals surface area contributed by atoms with E-state index in [4.69, 9.17) is 0 Å². The smallest absolute Gasteiger partial charge is 0.322 e. The summed E-state index contributed by atoms with van der Waals surface area (Å²) in [6.07, 6.45) is 0. The Morgan fingerprint density at radius 3 is 2.23 bits per heavy atom. The Labute approximate surface area is 199 Å². The number of aliphatic hydroxyl groups is 1. The summed E-state index contributed by atoms with van der Waals surface area (Å²) in [5, 5.41) is 12.3. The van der Waals surface area contributed by atoms with Crippen molar-refractivity contribution in [1.82, 2.24) is 9.80 Å². The van der Waals surface area contributed by atoms with Gasteiger partial charge in [-0.25, -0.2) is 18.0 Å². The van der Waals surface area contributed by atoms with Crippen LogP contribution >= 0.6 is 0 Å². The predicted molar refractivity (Wildman–Crippen MR) is 123 cm³/mol. The largest absolute Gasteiger partial charge is 0.394 e. The Morgan fingerprint density at radius 2 is 1.57 bits per heavy atom. The first-order valence-electron chi connectivity index (χ1n) is 11.1. The molecular formula is C26H22F3N3O3. The molecule has 0 unspecified atom stereocenters. The van der Waals surface area contributed by atoms with Gasteiger partial charge in [0, 0.05) is 18.5 Å². The molecule has 0 saturated carbocycles. The summed E-state index contributed by atoms with van der Waals surface area (Å²) < 4.78 is 40.6. The average molecular weight is 481 g/mol. The minimum Gasteiger partial charge on any atom is -0.394 e. The summed E-state index contributed by atoms with van der Waals surface area (Å²) in [4.78, 5) is 28.4. The number of carbonyl (C=O) groups excluding carboxylic acids is 2. The number of urea groups is 1. The molecule has 3 aromatic rings. The molecule has 3 atom stereocenters. The van der Waals surface area contributed by atoms with Gasteiger partial charge in [-0.2, -0.15) is 0 Å². The van der Waals surface area contributed by atoms with Crippen LogP contribution in [0.2, 0.25) is 0 Å². The lowest BCUT2D eigenvalue weighted by atomic mass is 9.73. The van der Waals surface area contributed by atoms with E-state index in [-0.39, 0.29) is 49.1 Å². The summed E-state index contributed by atoms with van der Waals surface area (Å²) in [5.41, 5.74) is 2.33. The molecule has 6 nitrogen and oxygen atoms in total. The predicted octanol–water partition coefficient (Wildman–Crippen LogP) is 3.97. The molecule has 9 heteroatoms. The molecular weight excluding hydrogens is 459 g/mol. The van der Waals surface area contributed by atoms with Crippen molar-refractivity contribution in [3.63, 3.8) is 0 Å². The highest BCUT2D eigenvalue weighted by molar-refractivity contribution is 5.94. The van der Waals surface area contributed by atoms with Gasteiger partial charge in [-0.15, -0.1) is 0 Å². The molecule has 5 rings (SSSR count). The topological polar surface area (TPSA) is 72.9 Å². The van der Waals surface area contributed by atoms with Crippen LogP contribution in [0.3, 0.4) is 0 Å². The van der Waals surface area contributed by atoms with Gasteiger partial charge in [-0.1, -0.05) is 36.4 Å². The Hall–Kier alpha value is -3.85. The number of hydrogen-bond acceptors (Lipinski definition) is 3. The summed E-state index contributed by atoms with van der Waals surface area (Å²) in [5.74, 6) is -2.34. The first kappa shape index (κ1) is 22.9. The van der Waals surface area contributed by atoms with Crippen molar-refractivity contribution in [2.75, 3.05) is 25.0 Å². The van der Waals surface area contributed by atoms with Gasteiger partial charge in [0.25, 0.3) is 0 Å². The molecule has 0 radical (unpaired) electrons. The fourth-order valence-electron chi connectivity index (χ4n) is 4.98. The van der Waals surface area contributed by atoms with Crippen LogP contribution in [0.15, 0.2) is 66.7 Å². The van der Waals surface area contributed by atoms with E-state index in [0.29, 0.717) is 0 Å². The molecule has 3 amide bonds. The lowest BCUT2D eigenvalue weighted by molar-refractivity contribution is -0.159. The molecule has 0 spiro atoms. The second-order valence-corrected chi connectivity index (χ2v) is 8.71. The highest BCUT2D eigenvalue weighted by Crippen LogP contribution is 2.43. The quantitative estimate of drug-likeness (QED) is 0.592. The summed E-state index contributed by atoms with van der Waals surface area (Å²) in [7, 11) is 0. The fraction of sp³-hybridized carbons (Fsp3) is 0.231. The number of rotatable bonds is 4. The first-order valence-corrected chi connectivity index (χ1v) is 11.1. The fourth-order valence-corrected chi connectivity index (χ4v) is 4.98. The maximum atomic E-state index is 14.0. The summed E-state index contributed by atoms with van der Waals surface area (Å²) >= 11 is 0. The molecule has 0 bridgehead atoms. The number of piperazine rings is 1. The van der Waals surface area contributed by atoms with Gasteiger partial charge in [0.05, 0.1) is 24.4 Å². The number of carbonyl (C=O) groups is 2. The van der Waals surface area contributed by atoms with Gasteiger partial charge >= 0.3 is 6.03 Å². The van der Waals surface area contributed by atoms with Crippen LogP contribution in [0.25, 0.3) is 11.1 Å². The van der Waals surface area contributed by atoms with Crippen molar-refractivity contribution < 1.29 is 27.9 Å². The normalized spacial score (nSPS) is 21.4. The van der Waals surface area contributed by atoms with Gasteiger partial charge in [0.15, 0.2) is 0 Å². The molecule has 2 N–H and O–H groups in total. The molecule has 3 aromatic carbocycles. The van der Waals surface area contributed by atoms with Gasteiger partial charge < -0.3 is 20.2 Å². The maximum Gasteiger partial charge on any atom is 0.322 e. The van der Waals surface area contributed by atoms with E-state index >= 15 is 0 Å². The van der Waals surface area contributed by atoms with E-state index in [1.54, 1.807) is 17.0 Å². The third-order valence-electron chi connectivity index (χ3n) is 6.68. The average Bonchev–Trinajstić information content (AvgIpc) is 2.83. The van der Waals surface area contributed by atoms with Crippen molar-refractivity contribution in [1.29, 1.82) is 0 Å². The SMILES string of the molecule is O=C(Nc1cc(F)ccc1F)N1CC(=O)N2[C@H](CO)[C@@H](c3ccc(-c4ccc(F)cc4)cc3)[C@H]2C1. The van der Waals surface area contributed by atoms with E-state index in [1.807, 2.05) is 24.3 Å². The molecule has 0 aromatic heterocycles. The number of hydrogen-bond donors (Lipinski definition) is 2. The number of halogens is 3. The van der Waals surface area contributed by atoms with E-state index in [2.05, 4.69) is 5.32 Å². The first-order chi connectivity index (χ1) is 16.9. The summed E-state index contributed by atoms with van der Waals surface area (Å²) in [6, 6.07) is 15.0. The molecule has 2 heterocycles. The zero-order valence-electron chi connectivity index (χ0n) is 18.5. The Kier molecular flexibility index (Phi) is 5.94. The molecule has 2 aliphatic heterocycles. The van der Waals surface area contributed by atoms with Gasteiger partial charge in [-0.3, -0.25) is 4.79 Å². The summed E-state index contributed by atoms with van der Waals surface area (Å²) in [6.45, 7) is -0.283. The lowest BCUT2D eigenvalue weighted by Crippen LogP contribution is -2.73. The van der Waals surface area contributed by atoms with Crippen LogP contribution in [0, 0.1) is 17.5 Å². The number of benzene rings is 3. The molecule has 2 aliphatic rings. The molecule has 35 heavy (non-hydrogen) atoms. The van der Waals surface area contributed by atoms with Crippen molar-refractivity contribution >= 4 is 17.6 Å². The highest BCUT2D eigenvalue weighted by Gasteiger charge is 2.54. The van der Waals surface area contributed by atoms with E-state index in [9.17, 15) is 27.9 Å². The van der Waals surface area contributed by atoms with E-state index in [1.165, 1.54) is 17.0 Å². The van der Waals surface area contributed by atoms with Crippen LogP contribution in [0.1, 0.15) is 11.5 Å². The van der Waals surface area contributed by atoms with Crippen molar-refractivity contribution in [2.24, 2.45) is 0 Å². The van der Waals surface area contributed by atoms with Crippen LogP contribution in [-0.4, -0.2) is 58.6 Å². The van der Waals surface area contributed by atoms with E-state index in [0.717, 1.165) is 34.9 Å². The second kappa shape index (κ2) is 9.07. The Bertz CT molecular complexity index is 1270. The number of fused-ring (bicyclic) bond motifs is 1. The number of anilines is 1. The Balaban J connectivity index is 1.34. The second-order valence-electron chi connectivity index (χ2n) is 8.71. The lowest BCUT2D eigenvalue weighted by Gasteiger charge is -2.58. The van der Waals surface area contributed by atoms with Gasteiger partial charge in [0.2, 0.25) is 5.91 Å².